The number of nitrogens with two attached hydrogens (primary N) is 1. The van der Waals surface area contributed by atoms with E-state index in [-0.39, 0.29) is 11.7 Å². The van der Waals surface area contributed by atoms with Gasteiger partial charge in [0.1, 0.15) is 11.5 Å². The highest BCUT2D eigenvalue weighted by molar-refractivity contribution is 6.32. The minimum absolute atomic E-state index is 0.196. The highest BCUT2D eigenvalue weighted by Crippen LogP contribution is 2.36. The van der Waals surface area contributed by atoms with Crippen LogP contribution >= 0.6 is 11.6 Å². The summed E-state index contributed by atoms with van der Waals surface area (Å²) in [5, 5.41) is 10.1. The van der Waals surface area contributed by atoms with Crippen molar-refractivity contribution in [1.82, 2.24) is 0 Å². The van der Waals surface area contributed by atoms with E-state index in [0.29, 0.717) is 17.3 Å². The number of rotatable bonds is 4. The zero-order valence-electron chi connectivity index (χ0n) is 8.96. The van der Waals surface area contributed by atoms with E-state index >= 15 is 0 Å². The molecule has 0 saturated carbocycles. The van der Waals surface area contributed by atoms with Crippen molar-refractivity contribution < 1.29 is 9.84 Å². The summed E-state index contributed by atoms with van der Waals surface area (Å²) in [6.45, 7) is 2.60. The fraction of sp³-hybridized carbons (Fsp3) is 0.455. The molecular weight excluding hydrogens is 214 g/mol. The molecule has 4 heteroatoms. The Kier molecular flexibility index (Phi) is 4.24. The first-order valence-corrected chi connectivity index (χ1v) is 5.24. The van der Waals surface area contributed by atoms with Crippen LogP contribution in [0.3, 0.4) is 0 Å². The van der Waals surface area contributed by atoms with Crippen LogP contribution in [0.15, 0.2) is 12.1 Å². The molecule has 1 atom stereocenters. The first kappa shape index (κ1) is 12.1. The number of halogens is 1. The fourth-order valence-electron chi connectivity index (χ4n) is 1.52. The molecule has 0 bridgehead atoms. The molecule has 1 aromatic rings. The standard InChI is InChI=1S/C11H16ClNO2/c1-7(3-4-13)8-5-11(15-2)9(12)6-10(8)14/h5-7,14H,3-4,13H2,1-2H3. The second-order valence-corrected chi connectivity index (χ2v) is 3.93. The maximum Gasteiger partial charge on any atom is 0.138 e. The average molecular weight is 230 g/mol. The van der Waals surface area contributed by atoms with E-state index < -0.39 is 0 Å². The molecule has 0 saturated heterocycles. The number of ether oxygens (including phenoxy) is 1. The molecule has 0 aromatic heterocycles. The Morgan fingerprint density at radius 2 is 2.20 bits per heavy atom. The Balaban J connectivity index is 3.06. The van der Waals surface area contributed by atoms with Gasteiger partial charge in [0.25, 0.3) is 0 Å². The van der Waals surface area contributed by atoms with Crippen molar-refractivity contribution in [3.8, 4) is 11.5 Å². The third kappa shape index (κ3) is 2.76. The zero-order valence-corrected chi connectivity index (χ0v) is 9.71. The molecule has 0 aliphatic rings. The van der Waals surface area contributed by atoms with E-state index in [0.717, 1.165) is 12.0 Å². The Morgan fingerprint density at radius 3 is 2.73 bits per heavy atom. The molecule has 0 heterocycles. The lowest BCUT2D eigenvalue weighted by atomic mass is 9.96. The molecule has 0 aliphatic heterocycles. The second-order valence-electron chi connectivity index (χ2n) is 3.52. The monoisotopic (exact) mass is 229 g/mol. The predicted molar refractivity (Wildman–Crippen MR) is 61.8 cm³/mol. The maximum atomic E-state index is 9.73. The van der Waals surface area contributed by atoms with E-state index in [1.165, 1.54) is 6.07 Å². The lowest BCUT2D eigenvalue weighted by Gasteiger charge is -2.14. The maximum absolute atomic E-state index is 9.73. The molecule has 1 unspecified atom stereocenters. The van der Waals surface area contributed by atoms with Crippen molar-refractivity contribution in [3.63, 3.8) is 0 Å². The van der Waals surface area contributed by atoms with E-state index in [1.807, 2.05) is 6.92 Å². The van der Waals surface area contributed by atoms with Crippen LogP contribution in [-0.4, -0.2) is 18.8 Å². The minimum atomic E-state index is 0.196. The summed E-state index contributed by atoms with van der Waals surface area (Å²) < 4.78 is 5.09. The molecule has 84 valence electrons. The van der Waals surface area contributed by atoms with Gasteiger partial charge in [0.15, 0.2) is 0 Å². The normalized spacial score (nSPS) is 12.5. The fourth-order valence-corrected chi connectivity index (χ4v) is 1.75. The van der Waals surface area contributed by atoms with Crippen LogP contribution in [0.5, 0.6) is 11.5 Å². The van der Waals surface area contributed by atoms with Gasteiger partial charge in [-0.05, 0) is 24.9 Å². The Morgan fingerprint density at radius 1 is 1.53 bits per heavy atom. The number of aromatic hydroxyl groups is 1. The predicted octanol–water partition coefficient (Wildman–Crippen LogP) is 2.51. The molecule has 0 amide bonds. The van der Waals surface area contributed by atoms with Crippen molar-refractivity contribution in [2.75, 3.05) is 13.7 Å². The molecule has 0 radical (unpaired) electrons. The molecule has 15 heavy (non-hydrogen) atoms. The van der Waals surface area contributed by atoms with Crippen LogP contribution < -0.4 is 10.5 Å². The Bertz CT molecular complexity index is 342. The first-order valence-electron chi connectivity index (χ1n) is 4.86. The highest BCUT2D eigenvalue weighted by Gasteiger charge is 2.13. The molecular formula is C11H16ClNO2. The Hall–Kier alpha value is -0.930. The van der Waals surface area contributed by atoms with Gasteiger partial charge in [-0.1, -0.05) is 18.5 Å². The molecule has 3 N–H and O–H groups in total. The number of methoxy groups -OCH3 is 1. The van der Waals surface area contributed by atoms with E-state index in [4.69, 9.17) is 22.1 Å². The van der Waals surface area contributed by atoms with E-state index in [9.17, 15) is 5.11 Å². The smallest absolute Gasteiger partial charge is 0.138 e. The van der Waals surface area contributed by atoms with Crippen LogP contribution in [-0.2, 0) is 0 Å². The van der Waals surface area contributed by atoms with Gasteiger partial charge in [-0.25, -0.2) is 0 Å². The average Bonchev–Trinajstić information content (AvgIpc) is 2.18. The summed E-state index contributed by atoms with van der Waals surface area (Å²) in [6, 6.07) is 3.26. The Labute approximate surface area is 94.8 Å². The molecule has 1 aromatic carbocycles. The molecule has 0 fully saturated rings. The van der Waals surface area contributed by atoms with E-state index in [1.54, 1.807) is 13.2 Å². The van der Waals surface area contributed by atoms with Crippen LogP contribution in [0, 0.1) is 0 Å². The van der Waals surface area contributed by atoms with Gasteiger partial charge < -0.3 is 15.6 Å². The minimum Gasteiger partial charge on any atom is -0.508 e. The third-order valence-electron chi connectivity index (χ3n) is 2.43. The van der Waals surface area contributed by atoms with Gasteiger partial charge >= 0.3 is 0 Å². The van der Waals surface area contributed by atoms with Crippen LogP contribution in [0.1, 0.15) is 24.8 Å². The number of phenolic OH excluding ortho intramolecular Hbond substituents is 1. The SMILES string of the molecule is COc1cc(C(C)CCN)c(O)cc1Cl. The quantitative estimate of drug-likeness (QED) is 0.834. The lowest BCUT2D eigenvalue weighted by Crippen LogP contribution is -2.05. The van der Waals surface area contributed by atoms with Gasteiger partial charge in [-0.3, -0.25) is 0 Å². The van der Waals surface area contributed by atoms with Gasteiger partial charge in [0, 0.05) is 11.6 Å². The van der Waals surface area contributed by atoms with Crippen molar-refractivity contribution >= 4 is 11.6 Å². The van der Waals surface area contributed by atoms with Crippen LogP contribution in [0.2, 0.25) is 5.02 Å². The third-order valence-corrected chi connectivity index (χ3v) is 2.73. The van der Waals surface area contributed by atoms with Crippen LogP contribution in [0.4, 0.5) is 0 Å². The molecule has 3 nitrogen and oxygen atoms in total. The van der Waals surface area contributed by atoms with Crippen molar-refractivity contribution in [2.45, 2.75) is 19.3 Å². The topological polar surface area (TPSA) is 55.5 Å². The molecule has 1 rings (SSSR count). The second kappa shape index (κ2) is 5.24. The zero-order chi connectivity index (χ0) is 11.4. The summed E-state index contributed by atoms with van der Waals surface area (Å²) in [5.41, 5.74) is 6.30. The number of phenols is 1. The molecule has 0 spiro atoms. The number of benzene rings is 1. The lowest BCUT2D eigenvalue weighted by molar-refractivity contribution is 0.409. The van der Waals surface area contributed by atoms with Gasteiger partial charge in [0.2, 0.25) is 0 Å². The van der Waals surface area contributed by atoms with Crippen molar-refractivity contribution in [2.24, 2.45) is 5.73 Å². The number of hydrogen-bond acceptors (Lipinski definition) is 3. The van der Waals surface area contributed by atoms with Crippen LogP contribution in [0.25, 0.3) is 0 Å². The summed E-state index contributed by atoms with van der Waals surface area (Å²) in [5.74, 6) is 0.969. The summed E-state index contributed by atoms with van der Waals surface area (Å²) in [7, 11) is 1.55. The van der Waals surface area contributed by atoms with Gasteiger partial charge in [0.05, 0.1) is 12.1 Å². The number of hydrogen-bond donors (Lipinski definition) is 2. The highest BCUT2D eigenvalue weighted by atomic mass is 35.5. The first-order chi connectivity index (χ1) is 7.10. The van der Waals surface area contributed by atoms with Gasteiger partial charge in [-0.15, -0.1) is 0 Å². The summed E-state index contributed by atoms with van der Waals surface area (Å²) >= 11 is 5.87. The summed E-state index contributed by atoms with van der Waals surface area (Å²) in [4.78, 5) is 0. The van der Waals surface area contributed by atoms with E-state index in [2.05, 4.69) is 0 Å². The molecule has 0 aliphatic carbocycles. The largest absolute Gasteiger partial charge is 0.508 e. The summed E-state index contributed by atoms with van der Waals surface area (Å²) in [6.07, 6.45) is 0.818. The van der Waals surface area contributed by atoms with Crippen molar-refractivity contribution in [1.29, 1.82) is 0 Å². The van der Waals surface area contributed by atoms with Crippen molar-refractivity contribution in [3.05, 3.63) is 22.7 Å². The van der Waals surface area contributed by atoms with Gasteiger partial charge in [-0.2, -0.15) is 0 Å².